The third-order valence-electron chi connectivity index (χ3n) is 5.78. The van der Waals surface area contributed by atoms with Crippen LogP contribution in [0.4, 0.5) is 11.8 Å². The van der Waals surface area contributed by atoms with E-state index in [2.05, 4.69) is 51.6 Å². The van der Waals surface area contributed by atoms with E-state index in [9.17, 15) is 0 Å². The zero-order valence-electron chi connectivity index (χ0n) is 16.4. The van der Waals surface area contributed by atoms with E-state index in [1.165, 1.54) is 18.4 Å². The number of anilines is 2. The van der Waals surface area contributed by atoms with Crippen LogP contribution >= 0.6 is 0 Å². The van der Waals surface area contributed by atoms with Gasteiger partial charge in [0.15, 0.2) is 0 Å². The largest absolute Gasteiger partial charge is 0.395 e. The molecule has 2 saturated heterocycles. The number of rotatable bonds is 7. The molecule has 4 rings (SSSR count). The van der Waals surface area contributed by atoms with Crippen LogP contribution in [0, 0.1) is 5.92 Å². The summed E-state index contributed by atoms with van der Waals surface area (Å²) in [5.41, 5.74) is 2.48. The summed E-state index contributed by atoms with van der Waals surface area (Å²) < 4.78 is 5.55. The topological polar surface area (TPSA) is 70.5 Å². The van der Waals surface area contributed by atoms with Crippen LogP contribution in [0.1, 0.15) is 36.4 Å². The molecular formula is C22H30N4O2. The fourth-order valence-electron chi connectivity index (χ4n) is 4.15. The van der Waals surface area contributed by atoms with Gasteiger partial charge in [-0.05, 0) is 37.2 Å². The first-order valence-electron chi connectivity index (χ1n) is 10.4. The molecule has 1 aromatic carbocycles. The normalized spacial score (nSPS) is 20.5. The number of benzene rings is 1. The quantitative estimate of drug-likeness (QED) is 0.767. The number of aliphatic hydroxyl groups excluding tert-OH is 1. The smallest absolute Gasteiger partial charge is 0.224 e. The van der Waals surface area contributed by atoms with Crippen LogP contribution in [-0.2, 0) is 11.2 Å². The highest BCUT2D eigenvalue weighted by Gasteiger charge is 2.24. The molecule has 2 fully saturated rings. The van der Waals surface area contributed by atoms with Crippen molar-refractivity contribution in [1.29, 1.82) is 0 Å². The van der Waals surface area contributed by atoms with Crippen LogP contribution in [0.25, 0.3) is 0 Å². The number of hydrogen-bond acceptors (Lipinski definition) is 6. The van der Waals surface area contributed by atoms with Crippen molar-refractivity contribution in [2.45, 2.75) is 31.6 Å². The number of aliphatic hydroxyl groups is 1. The second kappa shape index (κ2) is 9.34. The van der Waals surface area contributed by atoms with Crippen LogP contribution in [0.3, 0.4) is 0 Å². The summed E-state index contributed by atoms with van der Waals surface area (Å²) in [4.78, 5) is 11.8. The number of piperidine rings is 1. The highest BCUT2D eigenvalue weighted by atomic mass is 16.5. The predicted octanol–water partition coefficient (Wildman–Crippen LogP) is 2.84. The van der Waals surface area contributed by atoms with Gasteiger partial charge in [-0.1, -0.05) is 30.3 Å². The Morgan fingerprint density at radius 3 is 2.64 bits per heavy atom. The molecule has 0 spiro atoms. The van der Waals surface area contributed by atoms with Gasteiger partial charge >= 0.3 is 0 Å². The zero-order chi connectivity index (χ0) is 19.2. The zero-order valence-corrected chi connectivity index (χ0v) is 16.4. The first-order chi connectivity index (χ1) is 13.8. The number of aromatic nitrogens is 2. The summed E-state index contributed by atoms with van der Waals surface area (Å²) in [6.45, 7) is 4.11. The first kappa shape index (κ1) is 19.2. The van der Waals surface area contributed by atoms with Crippen molar-refractivity contribution in [2.24, 2.45) is 5.92 Å². The van der Waals surface area contributed by atoms with Gasteiger partial charge in [0.25, 0.3) is 0 Å². The fourth-order valence-corrected chi connectivity index (χ4v) is 4.15. The molecule has 28 heavy (non-hydrogen) atoms. The Kier molecular flexibility index (Phi) is 6.39. The summed E-state index contributed by atoms with van der Waals surface area (Å²) in [6.07, 6.45) is 4.53. The number of nitrogens with one attached hydrogen (secondary N) is 1. The van der Waals surface area contributed by atoms with Gasteiger partial charge in [0, 0.05) is 38.2 Å². The van der Waals surface area contributed by atoms with E-state index in [4.69, 9.17) is 14.8 Å². The highest BCUT2D eigenvalue weighted by molar-refractivity contribution is 5.46. The van der Waals surface area contributed by atoms with Gasteiger partial charge < -0.3 is 20.1 Å². The Hall–Kier alpha value is -2.18. The van der Waals surface area contributed by atoms with Crippen LogP contribution in [0.15, 0.2) is 36.4 Å². The molecule has 2 aliphatic heterocycles. The molecule has 150 valence electrons. The summed E-state index contributed by atoms with van der Waals surface area (Å²) in [5.74, 6) is 2.68. The van der Waals surface area contributed by atoms with Gasteiger partial charge in [-0.3, -0.25) is 0 Å². The van der Waals surface area contributed by atoms with E-state index >= 15 is 0 Å². The molecule has 2 aliphatic rings. The van der Waals surface area contributed by atoms with E-state index in [1.54, 1.807) is 0 Å². The minimum atomic E-state index is 0.0698. The summed E-state index contributed by atoms with van der Waals surface area (Å²) in [5, 5.41) is 12.3. The molecule has 6 heteroatoms. The molecule has 2 N–H and O–H groups in total. The molecule has 1 aromatic heterocycles. The standard InChI is InChI=1S/C22H30N4O2/c27-12-9-23-22-24-20(19-8-13-28-16-19)15-21(25-22)26-10-6-18(7-11-26)14-17-4-2-1-3-5-17/h1-5,15,18-19,27H,6-14,16H2,(H,23,24,25). The molecule has 0 bridgehead atoms. The monoisotopic (exact) mass is 382 g/mol. The average molecular weight is 383 g/mol. The summed E-state index contributed by atoms with van der Waals surface area (Å²) in [6, 6.07) is 12.9. The van der Waals surface area contributed by atoms with E-state index in [0.29, 0.717) is 18.4 Å². The Morgan fingerprint density at radius 2 is 1.93 bits per heavy atom. The number of ether oxygens (including phenoxy) is 1. The first-order valence-corrected chi connectivity index (χ1v) is 10.4. The molecule has 0 saturated carbocycles. The van der Waals surface area contributed by atoms with Gasteiger partial charge in [-0.15, -0.1) is 0 Å². The molecule has 6 nitrogen and oxygen atoms in total. The lowest BCUT2D eigenvalue weighted by Crippen LogP contribution is -2.35. The van der Waals surface area contributed by atoms with Crippen LogP contribution in [0.2, 0.25) is 0 Å². The molecule has 3 heterocycles. The van der Waals surface area contributed by atoms with Crippen molar-refractivity contribution in [3.63, 3.8) is 0 Å². The minimum Gasteiger partial charge on any atom is -0.395 e. The molecular weight excluding hydrogens is 352 g/mol. The van der Waals surface area contributed by atoms with Crippen molar-refractivity contribution < 1.29 is 9.84 Å². The van der Waals surface area contributed by atoms with Gasteiger partial charge in [-0.25, -0.2) is 4.98 Å². The Bertz CT molecular complexity index is 741. The lowest BCUT2D eigenvalue weighted by Gasteiger charge is -2.33. The lowest BCUT2D eigenvalue weighted by atomic mass is 9.90. The van der Waals surface area contributed by atoms with Gasteiger partial charge in [0.05, 0.1) is 18.9 Å². The molecule has 0 amide bonds. The van der Waals surface area contributed by atoms with Crippen molar-refractivity contribution in [2.75, 3.05) is 49.7 Å². The fraction of sp³-hybridized carbons (Fsp3) is 0.545. The van der Waals surface area contributed by atoms with Gasteiger partial charge in [0.2, 0.25) is 5.95 Å². The van der Waals surface area contributed by atoms with Crippen molar-refractivity contribution >= 4 is 11.8 Å². The van der Waals surface area contributed by atoms with E-state index < -0.39 is 0 Å². The lowest BCUT2D eigenvalue weighted by molar-refractivity contribution is 0.193. The maximum Gasteiger partial charge on any atom is 0.224 e. The van der Waals surface area contributed by atoms with Crippen molar-refractivity contribution in [3.8, 4) is 0 Å². The van der Waals surface area contributed by atoms with Gasteiger partial charge in [-0.2, -0.15) is 4.98 Å². The van der Waals surface area contributed by atoms with Crippen LogP contribution in [-0.4, -0.2) is 54.5 Å². The highest BCUT2D eigenvalue weighted by Crippen LogP contribution is 2.30. The van der Waals surface area contributed by atoms with Crippen molar-refractivity contribution in [3.05, 3.63) is 47.7 Å². The SMILES string of the molecule is OCCNc1nc(C2CCOC2)cc(N2CCC(Cc3ccccc3)CC2)n1. The average Bonchev–Trinajstić information content (AvgIpc) is 3.28. The maximum atomic E-state index is 9.13. The van der Waals surface area contributed by atoms with Crippen molar-refractivity contribution in [1.82, 2.24) is 9.97 Å². The Morgan fingerprint density at radius 1 is 1.11 bits per heavy atom. The molecule has 1 atom stereocenters. The second-order valence-corrected chi connectivity index (χ2v) is 7.81. The summed E-state index contributed by atoms with van der Waals surface area (Å²) in [7, 11) is 0. The Balaban J connectivity index is 1.43. The number of nitrogens with zero attached hydrogens (tertiary/aromatic N) is 3. The van der Waals surface area contributed by atoms with Crippen LogP contribution in [0.5, 0.6) is 0 Å². The molecule has 0 aliphatic carbocycles. The van der Waals surface area contributed by atoms with E-state index in [-0.39, 0.29) is 6.61 Å². The minimum absolute atomic E-state index is 0.0698. The Labute approximate surface area is 167 Å². The van der Waals surface area contributed by atoms with E-state index in [0.717, 1.165) is 56.6 Å². The van der Waals surface area contributed by atoms with Gasteiger partial charge in [0.1, 0.15) is 5.82 Å². The molecule has 1 unspecified atom stereocenters. The van der Waals surface area contributed by atoms with E-state index in [1.807, 2.05) is 0 Å². The second-order valence-electron chi connectivity index (χ2n) is 7.81. The molecule has 2 aromatic rings. The summed E-state index contributed by atoms with van der Waals surface area (Å²) >= 11 is 0. The third kappa shape index (κ3) is 4.80. The molecule has 0 radical (unpaired) electrons. The van der Waals surface area contributed by atoms with Crippen LogP contribution < -0.4 is 10.2 Å². The third-order valence-corrected chi connectivity index (χ3v) is 5.78. The number of hydrogen-bond donors (Lipinski definition) is 2. The predicted molar refractivity (Wildman–Crippen MR) is 111 cm³/mol. The maximum absolute atomic E-state index is 9.13.